The zero-order chi connectivity index (χ0) is 16.2. The summed E-state index contributed by atoms with van der Waals surface area (Å²) in [6, 6.07) is 1.95. The highest BCUT2D eigenvalue weighted by atomic mass is 79.9. The highest BCUT2D eigenvalue weighted by Gasteiger charge is 2.23. The first kappa shape index (κ1) is 18.6. The Kier molecular flexibility index (Phi) is 6.86. The lowest BCUT2D eigenvalue weighted by Crippen LogP contribution is -2.38. The van der Waals surface area contributed by atoms with Crippen LogP contribution in [0.4, 0.5) is 0 Å². The second-order valence-corrected chi connectivity index (χ2v) is 8.01. The van der Waals surface area contributed by atoms with Crippen molar-refractivity contribution in [2.45, 2.75) is 44.3 Å². The molecule has 0 fully saturated rings. The number of nitrogens with zero attached hydrogens (tertiary/aromatic N) is 1. The van der Waals surface area contributed by atoms with Crippen LogP contribution in [0.15, 0.2) is 20.0 Å². The molecule has 0 aromatic carbocycles. The molecule has 0 bridgehead atoms. The summed E-state index contributed by atoms with van der Waals surface area (Å²) in [6.45, 7) is 6.80. The number of hydrogen-bond donors (Lipinski definition) is 2. The standard InChI is InChI=1S/C13H24BrN3O3S/c1-9(2)15-8-11-6-12(13(14)20-11)21(18,19)16-7-10(3)17(4)5/h6,9-10,15-16H,7-8H2,1-5H3. The normalized spacial score (nSPS) is 14.1. The van der Waals surface area contributed by atoms with Gasteiger partial charge >= 0.3 is 0 Å². The molecule has 0 aliphatic heterocycles. The van der Waals surface area contributed by atoms with Crippen LogP contribution in [0.3, 0.4) is 0 Å². The molecule has 0 saturated carbocycles. The van der Waals surface area contributed by atoms with Crippen molar-refractivity contribution in [2.24, 2.45) is 0 Å². The van der Waals surface area contributed by atoms with Crippen LogP contribution in [-0.4, -0.2) is 46.0 Å². The van der Waals surface area contributed by atoms with Gasteiger partial charge in [-0.15, -0.1) is 0 Å². The van der Waals surface area contributed by atoms with Gasteiger partial charge in [-0.05, 0) is 36.9 Å². The second-order valence-electron chi connectivity index (χ2n) is 5.55. The lowest BCUT2D eigenvalue weighted by Gasteiger charge is -2.19. The van der Waals surface area contributed by atoms with Crippen molar-refractivity contribution in [1.29, 1.82) is 0 Å². The van der Waals surface area contributed by atoms with Crippen LogP contribution >= 0.6 is 15.9 Å². The number of rotatable bonds is 8. The fourth-order valence-corrected chi connectivity index (χ4v) is 3.58. The highest BCUT2D eigenvalue weighted by molar-refractivity contribution is 9.10. The van der Waals surface area contributed by atoms with Gasteiger partial charge in [0.25, 0.3) is 0 Å². The van der Waals surface area contributed by atoms with E-state index in [1.54, 1.807) is 6.07 Å². The van der Waals surface area contributed by atoms with Crippen molar-refractivity contribution in [2.75, 3.05) is 20.6 Å². The smallest absolute Gasteiger partial charge is 0.245 e. The van der Waals surface area contributed by atoms with E-state index in [0.717, 1.165) is 0 Å². The Labute approximate surface area is 135 Å². The van der Waals surface area contributed by atoms with Crippen molar-refractivity contribution >= 4 is 26.0 Å². The molecule has 0 spiro atoms. The summed E-state index contributed by atoms with van der Waals surface area (Å²) < 4.78 is 32.8. The number of nitrogens with one attached hydrogen (secondary N) is 2. The first-order valence-electron chi connectivity index (χ1n) is 6.81. The fraction of sp³-hybridized carbons (Fsp3) is 0.692. The van der Waals surface area contributed by atoms with E-state index in [2.05, 4.69) is 26.0 Å². The Morgan fingerprint density at radius 3 is 2.48 bits per heavy atom. The Hall–Kier alpha value is -0.410. The van der Waals surface area contributed by atoms with Gasteiger partial charge in [0.05, 0.1) is 6.54 Å². The zero-order valence-electron chi connectivity index (χ0n) is 13.1. The Morgan fingerprint density at radius 2 is 1.95 bits per heavy atom. The first-order chi connectivity index (χ1) is 9.63. The molecule has 1 heterocycles. The van der Waals surface area contributed by atoms with Gasteiger partial charge < -0.3 is 14.6 Å². The minimum atomic E-state index is -3.58. The maximum Gasteiger partial charge on any atom is 0.245 e. The zero-order valence-corrected chi connectivity index (χ0v) is 15.5. The minimum Gasteiger partial charge on any atom is -0.452 e. The maximum atomic E-state index is 12.3. The van der Waals surface area contributed by atoms with Crippen LogP contribution in [0, 0.1) is 0 Å². The van der Waals surface area contributed by atoms with E-state index in [9.17, 15) is 8.42 Å². The third-order valence-electron chi connectivity index (χ3n) is 3.13. The molecule has 1 aromatic heterocycles. The van der Waals surface area contributed by atoms with Gasteiger partial charge in [-0.25, -0.2) is 13.1 Å². The molecule has 2 N–H and O–H groups in total. The monoisotopic (exact) mass is 381 g/mol. The molecule has 1 aromatic rings. The van der Waals surface area contributed by atoms with E-state index in [1.165, 1.54) is 0 Å². The quantitative estimate of drug-likeness (QED) is 0.717. The summed E-state index contributed by atoms with van der Waals surface area (Å²) in [5, 5.41) is 3.18. The summed E-state index contributed by atoms with van der Waals surface area (Å²) in [5.41, 5.74) is 0. The molecule has 0 radical (unpaired) electrons. The van der Waals surface area contributed by atoms with Gasteiger partial charge in [-0.1, -0.05) is 13.8 Å². The topological polar surface area (TPSA) is 74.6 Å². The molecule has 122 valence electrons. The van der Waals surface area contributed by atoms with E-state index < -0.39 is 10.0 Å². The number of furan rings is 1. The first-order valence-corrected chi connectivity index (χ1v) is 9.08. The molecule has 1 unspecified atom stereocenters. The molecule has 1 rings (SSSR count). The third-order valence-corrected chi connectivity index (χ3v) is 5.41. The Balaban J connectivity index is 2.79. The van der Waals surface area contributed by atoms with E-state index in [0.29, 0.717) is 24.9 Å². The van der Waals surface area contributed by atoms with Crippen LogP contribution in [-0.2, 0) is 16.6 Å². The summed E-state index contributed by atoms with van der Waals surface area (Å²) >= 11 is 3.17. The molecule has 0 aliphatic carbocycles. The maximum absolute atomic E-state index is 12.3. The van der Waals surface area contributed by atoms with Crippen LogP contribution < -0.4 is 10.0 Å². The largest absolute Gasteiger partial charge is 0.452 e. The summed E-state index contributed by atoms with van der Waals surface area (Å²) in [6.07, 6.45) is 0. The summed E-state index contributed by atoms with van der Waals surface area (Å²) in [7, 11) is 0.228. The van der Waals surface area contributed by atoms with Crippen LogP contribution in [0.5, 0.6) is 0 Å². The van der Waals surface area contributed by atoms with Gasteiger partial charge in [0.1, 0.15) is 10.7 Å². The predicted octanol–water partition coefficient (Wildman–Crippen LogP) is 1.77. The van der Waals surface area contributed by atoms with Gasteiger partial charge in [-0.2, -0.15) is 0 Å². The molecular formula is C13H24BrN3O3S. The number of sulfonamides is 1. The number of halogens is 1. The van der Waals surface area contributed by atoms with Gasteiger partial charge in [0, 0.05) is 24.7 Å². The lowest BCUT2D eigenvalue weighted by molar-refractivity contribution is 0.314. The number of likely N-dealkylation sites (N-methyl/N-ethyl adjacent to an activating group) is 1. The molecule has 0 aliphatic rings. The Morgan fingerprint density at radius 1 is 1.33 bits per heavy atom. The highest BCUT2D eigenvalue weighted by Crippen LogP contribution is 2.26. The predicted molar refractivity (Wildman–Crippen MR) is 86.7 cm³/mol. The molecule has 0 saturated heterocycles. The molecule has 6 nitrogen and oxygen atoms in total. The van der Waals surface area contributed by atoms with Gasteiger partial charge in [0.2, 0.25) is 10.0 Å². The van der Waals surface area contributed by atoms with Crippen molar-refractivity contribution in [3.8, 4) is 0 Å². The average Bonchev–Trinajstić information content (AvgIpc) is 2.75. The fourth-order valence-electron chi connectivity index (χ4n) is 1.46. The SMILES string of the molecule is CC(C)NCc1cc(S(=O)(=O)NCC(C)N(C)C)c(Br)o1. The van der Waals surface area contributed by atoms with Gasteiger partial charge in [0.15, 0.2) is 4.67 Å². The van der Waals surface area contributed by atoms with E-state index in [-0.39, 0.29) is 15.6 Å². The van der Waals surface area contributed by atoms with Crippen LogP contribution in [0.2, 0.25) is 0 Å². The molecule has 0 amide bonds. The lowest BCUT2D eigenvalue weighted by atomic mass is 10.3. The van der Waals surface area contributed by atoms with Crippen molar-refractivity contribution in [1.82, 2.24) is 14.9 Å². The molecule has 21 heavy (non-hydrogen) atoms. The van der Waals surface area contributed by atoms with Gasteiger partial charge in [-0.3, -0.25) is 0 Å². The number of hydrogen-bond acceptors (Lipinski definition) is 5. The van der Waals surface area contributed by atoms with E-state index in [4.69, 9.17) is 4.42 Å². The minimum absolute atomic E-state index is 0.104. The molecule has 8 heteroatoms. The second kappa shape index (κ2) is 7.73. The van der Waals surface area contributed by atoms with Crippen molar-refractivity contribution in [3.63, 3.8) is 0 Å². The van der Waals surface area contributed by atoms with Crippen LogP contribution in [0.1, 0.15) is 26.5 Å². The van der Waals surface area contributed by atoms with Crippen molar-refractivity contribution < 1.29 is 12.8 Å². The molecule has 1 atom stereocenters. The van der Waals surface area contributed by atoms with E-state index in [1.807, 2.05) is 39.8 Å². The summed E-state index contributed by atoms with van der Waals surface area (Å²) in [4.78, 5) is 2.08. The molecular weight excluding hydrogens is 358 g/mol. The van der Waals surface area contributed by atoms with Crippen molar-refractivity contribution in [3.05, 3.63) is 16.5 Å². The van der Waals surface area contributed by atoms with E-state index >= 15 is 0 Å². The summed E-state index contributed by atoms with van der Waals surface area (Å²) in [5.74, 6) is 0.580. The third kappa shape index (κ3) is 5.71. The average molecular weight is 382 g/mol. The van der Waals surface area contributed by atoms with Crippen LogP contribution in [0.25, 0.3) is 0 Å². The Bertz CT molecular complexity index is 555.